The Morgan fingerprint density at radius 1 is 1.28 bits per heavy atom. The Morgan fingerprint density at radius 3 is 2.39 bits per heavy atom. The van der Waals surface area contributed by atoms with Gasteiger partial charge in [-0.05, 0) is 46.3 Å². The minimum atomic E-state index is -3.16. The lowest BCUT2D eigenvalue weighted by molar-refractivity contribution is 0.426. The van der Waals surface area contributed by atoms with Gasteiger partial charge in [0.2, 0.25) is 0 Å². The first-order valence-electron chi connectivity index (χ1n) is 5.21. The predicted octanol–water partition coefficient (Wildman–Crippen LogP) is 2.59. The number of rotatable bonds is 2. The standard InChI is InChI=1S/C12H12BrNO3S/c1-18(16,17)10-4-2-9(3-5-10)14-7-6-12(15)11(13)8-14/h2-6,8,15H,7H2,1H3. The summed E-state index contributed by atoms with van der Waals surface area (Å²) >= 11 is 3.24. The molecule has 0 radical (unpaired) electrons. The van der Waals surface area contributed by atoms with Gasteiger partial charge in [-0.25, -0.2) is 8.42 Å². The van der Waals surface area contributed by atoms with Crippen LogP contribution >= 0.6 is 15.9 Å². The van der Waals surface area contributed by atoms with Crippen LogP contribution in [0.15, 0.2) is 51.7 Å². The molecule has 0 saturated heterocycles. The Kier molecular flexibility index (Phi) is 3.49. The van der Waals surface area contributed by atoms with E-state index in [4.69, 9.17) is 0 Å². The van der Waals surface area contributed by atoms with Crippen molar-refractivity contribution < 1.29 is 13.5 Å². The van der Waals surface area contributed by atoms with Crippen molar-refractivity contribution in [2.45, 2.75) is 4.90 Å². The molecule has 0 saturated carbocycles. The summed E-state index contributed by atoms with van der Waals surface area (Å²) in [6.45, 7) is 0.541. The number of hydrogen-bond acceptors (Lipinski definition) is 4. The van der Waals surface area contributed by atoms with E-state index in [1.165, 1.54) is 6.26 Å². The number of anilines is 1. The van der Waals surface area contributed by atoms with Gasteiger partial charge in [0.1, 0.15) is 5.76 Å². The van der Waals surface area contributed by atoms with E-state index in [0.29, 0.717) is 15.9 Å². The number of aliphatic hydroxyl groups excluding tert-OH is 1. The van der Waals surface area contributed by atoms with Crippen LogP contribution in [0.3, 0.4) is 0 Å². The number of aliphatic hydroxyl groups is 1. The van der Waals surface area contributed by atoms with Gasteiger partial charge in [0.05, 0.1) is 9.38 Å². The van der Waals surface area contributed by atoms with Crippen LogP contribution in [0.4, 0.5) is 5.69 Å². The first-order chi connectivity index (χ1) is 8.38. The minimum Gasteiger partial charge on any atom is -0.507 e. The fourth-order valence-corrected chi connectivity index (χ4v) is 2.64. The molecule has 2 rings (SSSR count). The summed E-state index contributed by atoms with van der Waals surface area (Å²) in [6.07, 6.45) is 4.61. The zero-order valence-corrected chi connectivity index (χ0v) is 12.1. The van der Waals surface area contributed by atoms with E-state index in [9.17, 15) is 13.5 Å². The summed E-state index contributed by atoms with van der Waals surface area (Å²) in [6, 6.07) is 6.63. The van der Waals surface area contributed by atoms with Crippen LogP contribution in [0, 0.1) is 0 Å². The summed E-state index contributed by atoms with van der Waals surface area (Å²) in [7, 11) is -3.16. The van der Waals surface area contributed by atoms with Gasteiger partial charge in [0, 0.05) is 24.7 Å². The molecule has 0 unspecified atom stereocenters. The summed E-state index contributed by atoms with van der Waals surface area (Å²) in [5, 5.41) is 9.43. The lowest BCUT2D eigenvalue weighted by atomic mass is 10.2. The Hall–Kier alpha value is -1.27. The van der Waals surface area contributed by atoms with Crippen LogP contribution in [0.2, 0.25) is 0 Å². The average Bonchev–Trinajstić information content (AvgIpc) is 2.32. The molecule has 0 aliphatic carbocycles. The van der Waals surface area contributed by atoms with Crippen molar-refractivity contribution in [1.82, 2.24) is 0 Å². The summed E-state index contributed by atoms with van der Waals surface area (Å²) in [5.74, 6) is 0.207. The van der Waals surface area contributed by atoms with E-state index < -0.39 is 9.84 Å². The van der Waals surface area contributed by atoms with Crippen molar-refractivity contribution in [2.24, 2.45) is 0 Å². The van der Waals surface area contributed by atoms with E-state index in [1.54, 1.807) is 36.5 Å². The van der Waals surface area contributed by atoms with Crippen LogP contribution in [0.5, 0.6) is 0 Å². The second kappa shape index (κ2) is 4.78. The molecule has 1 aliphatic rings. The topological polar surface area (TPSA) is 57.6 Å². The van der Waals surface area contributed by atoms with Crippen molar-refractivity contribution in [3.05, 3.63) is 46.8 Å². The molecule has 0 fully saturated rings. The van der Waals surface area contributed by atoms with Gasteiger partial charge < -0.3 is 10.0 Å². The highest BCUT2D eigenvalue weighted by Crippen LogP contribution is 2.25. The van der Waals surface area contributed by atoms with Crippen LogP contribution < -0.4 is 4.90 Å². The maximum atomic E-state index is 11.3. The van der Waals surface area contributed by atoms with Gasteiger partial charge in [-0.2, -0.15) is 0 Å². The molecule has 96 valence electrons. The zero-order chi connectivity index (χ0) is 13.3. The quantitative estimate of drug-likeness (QED) is 0.906. The molecule has 4 nitrogen and oxygen atoms in total. The third kappa shape index (κ3) is 2.76. The average molecular weight is 330 g/mol. The van der Waals surface area contributed by atoms with Gasteiger partial charge in [-0.15, -0.1) is 0 Å². The molecular weight excluding hydrogens is 318 g/mol. The molecule has 1 N–H and O–H groups in total. The van der Waals surface area contributed by atoms with E-state index in [2.05, 4.69) is 15.9 Å². The van der Waals surface area contributed by atoms with Crippen LogP contribution in [0.25, 0.3) is 0 Å². The third-order valence-electron chi connectivity index (χ3n) is 2.59. The lowest BCUT2D eigenvalue weighted by Crippen LogP contribution is -2.20. The number of allylic oxidation sites excluding steroid dienone is 1. The molecule has 1 aromatic carbocycles. The molecule has 0 bridgehead atoms. The zero-order valence-electron chi connectivity index (χ0n) is 9.67. The van der Waals surface area contributed by atoms with Crippen molar-refractivity contribution in [3.63, 3.8) is 0 Å². The highest BCUT2D eigenvalue weighted by Gasteiger charge is 2.13. The molecule has 1 aromatic rings. The molecular formula is C12H12BrNO3S. The Morgan fingerprint density at radius 2 is 1.89 bits per heavy atom. The number of halogens is 1. The highest BCUT2D eigenvalue weighted by atomic mass is 79.9. The van der Waals surface area contributed by atoms with Crippen molar-refractivity contribution in [2.75, 3.05) is 17.7 Å². The predicted molar refractivity (Wildman–Crippen MR) is 74.6 cm³/mol. The van der Waals surface area contributed by atoms with Gasteiger partial charge in [0.15, 0.2) is 9.84 Å². The largest absolute Gasteiger partial charge is 0.507 e. The van der Waals surface area contributed by atoms with E-state index in [1.807, 2.05) is 4.90 Å². The molecule has 0 amide bonds. The van der Waals surface area contributed by atoms with Crippen LogP contribution in [0.1, 0.15) is 0 Å². The molecule has 18 heavy (non-hydrogen) atoms. The SMILES string of the molecule is CS(=O)(=O)c1ccc(N2C=C(Br)C(O)=CC2)cc1. The number of sulfone groups is 1. The fraction of sp³-hybridized carbons (Fsp3) is 0.167. The first-order valence-corrected chi connectivity index (χ1v) is 7.90. The summed E-state index contributed by atoms with van der Waals surface area (Å²) in [4.78, 5) is 2.19. The smallest absolute Gasteiger partial charge is 0.175 e. The van der Waals surface area contributed by atoms with Gasteiger partial charge in [-0.1, -0.05) is 0 Å². The van der Waals surface area contributed by atoms with Crippen molar-refractivity contribution >= 4 is 31.5 Å². The molecule has 0 aromatic heterocycles. The normalized spacial score (nSPS) is 16.2. The Labute approximate surface area is 114 Å². The summed E-state index contributed by atoms with van der Waals surface area (Å²) in [5.41, 5.74) is 0.864. The molecule has 0 atom stereocenters. The molecule has 1 heterocycles. The van der Waals surface area contributed by atoms with E-state index in [0.717, 1.165) is 5.69 Å². The summed E-state index contributed by atoms with van der Waals surface area (Å²) < 4.78 is 23.3. The minimum absolute atomic E-state index is 0.207. The first kappa shape index (κ1) is 13.2. The van der Waals surface area contributed by atoms with Gasteiger partial charge in [0.25, 0.3) is 0 Å². The number of nitrogens with zero attached hydrogens (tertiary/aromatic N) is 1. The maximum absolute atomic E-state index is 11.3. The number of hydrogen-bond donors (Lipinski definition) is 1. The van der Waals surface area contributed by atoms with Crippen LogP contribution in [-0.4, -0.2) is 26.3 Å². The highest BCUT2D eigenvalue weighted by molar-refractivity contribution is 9.11. The van der Waals surface area contributed by atoms with E-state index in [-0.39, 0.29) is 5.76 Å². The maximum Gasteiger partial charge on any atom is 0.175 e. The molecule has 6 heteroatoms. The van der Waals surface area contributed by atoms with E-state index >= 15 is 0 Å². The Bertz CT molecular complexity index is 617. The van der Waals surface area contributed by atoms with Crippen molar-refractivity contribution in [1.29, 1.82) is 0 Å². The fourth-order valence-electron chi connectivity index (χ4n) is 1.60. The Balaban J connectivity index is 2.27. The number of benzene rings is 1. The van der Waals surface area contributed by atoms with Gasteiger partial charge in [-0.3, -0.25) is 0 Å². The molecule has 1 aliphatic heterocycles. The third-order valence-corrected chi connectivity index (χ3v) is 4.33. The second-order valence-electron chi connectivity index (χ2n) is 3.98. The van der Waals surface area contributed by atoms with Gasteiger partial charge >= 0.3 is 0 Å². The monoisotopic (exact) mass is 329 g/mol. The lowest BCUT2D eigenvalue weighted by Gasteiger charge is -2.23. The second-order valence-corrected chi connectivity index (χ2v) is 6.85. The van der Waals surface area contributed by atoms with Crippen molar-refractivity contribution in [3.8, 4) is 0 Å². The molecule has 0 spiro atoms. The van der Waals surface area contributed by atoms with Crippen LogP contribution in [-0.2, 0) is 9.84 Å².